The number of rotatable bonds is 8. The van der Waals surface area contributed by atoms with Crippen LogP contribution < -0.4 is 0 Å². The fourth-order valence-corrected chi connectivity index (χ4v) is 3.43. The average Bonchev–Trinajstić information content (AvgIpc) is 2.63. The summed E-state index contributed by atoms with van der Waals surface area (Å²) in [5, 5.41) is 9.62. The van der Waals surface area contributed by atoms with Gasteiger partial charge in [-0.1, -0.05) is 43.2 Å². The summed E-state index contributed by atoms with van der Waals surface area (Å²) in [6, 6.07) is 10.2. The van der Waals surface area contributed by atoms with Gasteiger partial charge in [0.05, 0.1) is 5.92 Å². The van der Waals surface area contributed by atoms with Crippen molar-refractivity contribution in [2.45, 2.75) is 52.9 Å². The molecule has 1 N–H and O–H groups in total. The largest absolute Gasteiger partial charge is 0.481 e. The second-order valence-corrected chi connectivity index (χ2v) is 6.92. The molecule has 0 fully saturated rings. The molecule has 0 aromatic heterocycles. The van der Waals surface area contributed by atoms with E-state index in [4.69, 9.17) is 0 Å². The van der Waals surface area contributed by atoms with Crippen molar-refractivity contribution in [1.82, 2.24) is 0 Å². The number of carboxylic acids is 1. The van der Waals surface area contributed by atoms with Crippen LogP contribution in [0.5, 0.6) is 0 Å². The molecule has 0 spiro atoms. The SMILES string of the molecule is CC1=C(C)C(=O)C(C(CCCCCc2ccccc2)C(=O)O)=C(C)C1=O. The summed E-state index contributed by atoms with van der Waals surface area (Å²) in [5.41, 5.74) is 2.52. The molecule has 1 aliphatic carbocycles. The smallest absolute Gasteiger partial charge is 0.311 e. The Labute approximate surface area is 154 Å². The van der Waals surface area contributed by atoms with E-state index >= 15 is 0 Å². The van der Waals surface area contributed by atoms with Gasteiger partial charge in [-0.25, -0.2) is 0 Å². The van der Waals surface area contributed by atoms with E-state index in [2.05, 4.69) is 12.1 Å². The lowest BCUT2D eigenvalue weighted by Gasteiger charge is -2.23. The maximum absolute atomic E-state index is 12.6. The van der Waals surface area contributed by atoms with Gasteiger partial charge in [-0.15, -0.1) is 0 Å². The topological polar surface area (TPSA) is 71.4 Å². The number of benzene rings is 1. The third-order valence-corrected chi connectivity index (χ3v) is 5.18. The highest BCUT2D eigenvalue weighted by atomic mass is 16.4. The molecule has 1 aliphatic rings. The zero-order valence-electron chi connectivity index (χ0n) is 15.7. The lowest BCUT2D eigenvalue weighted by atomic mass is 9.78. The summed E-state index contributed by atoms with van der Waals surface area (Å²) in [7, 11) is 0. The van der Waals surface area contributed by atoms with Gasteiger partial charge in [0.25, 0.3) is 0 Å². The second kappa shape index (κ2) is 8.75. The zero-order valence-corrected chi connectivity index (χ0v) is 15.7. The molecule has 26 heavy (non-hydrogen) atoms. The Morgan fingerprint density at radius 2 is 1.50 bits per heavy atom. The number of hydrogen-bond donors (Lipinski definition) is 1. The minimum absolute atomic E-state index is 0.175. The van der Waals surface area contributed by atoms with E-state index < -0.39 is 11.9 Å². The quantitative estimate of drug-likeness (QED) is 0.558. The molecule has 0 saturated carbocycles. The van der Waals surface area contributed by atoms with Gasteiger partial charge in [-0.2, -0.15) is 0 Å². The summed E-state index contributed by atoms with van der Waals surface area (Å²) < 4.78 is 0. The van der Waals surface area contributed by atoms with Gasteiger partial charge >= 0.3 is 5.97 Å². The number of allylic oxidation sites excluding steroid dienone is 3. The molecule has 0 aliphatic heterocycles. The summed E-state index contributed by atoms with van der Waals surface area (Å²) >= 11 is 0. The summed E-state index contributed by atoms with van der Waals surface area (Å²) in [6.45, 7) is 4.78. The number of unbranched alkanes of at least 4 members (excludes halogenated alkanes) is 2. The monoisotopic (exact) mass is 354 g/mol. The molecule has 1 aromatic carbocycles. The van der Waals surface area contributed by atoms with Crippen molar-refractivity contribution >= 4 is 17.5 Å². The third kappa shape index (κ3) is 4.37. The average molecular weight is 354 g/mol. The standard InChI is InChI=1S/C22H26O4/c1-14-15(2)21(24)19(16(3)20(14)23)18(22(25)26)13-9-5-8-12-17-10-6-4-7-11-17/h4,6-7,10-11,18H,5,8-9,12-13H2,1-3H3,(H,25,26). The lowest BCUT2D eigenvalue weighted by molar-refractivity contribution is -0.141. The number of aryl methyl sites for hydroxylation is 1. The number of carbonyl (C=O) groups excluding carboxylic acids is 2. The Morgan fingerprint density at radius 1 is 0.885 bits per heavy atom. The van der Waals surface area contributed by atoms with Crippen LogP contribution in [0.2, 0.25) is 0 Å². The highest BCUT2D eigenvalue weighted by Gasteiger charge is 2.35. The Bertz CT molecular complexity index is 769. The number of aliphatic carboxylic acids is 1. The minimum atomic E-state index is -1.03. The first kappa shape index (κ1) is 19.8. The molecule has 0 amide bonds. The number of hydrogen-bond acceptors (Lipinski definition) is 3. The molecule has 2 rings (SSSR count). The van der Waals surface area contributed by atoms with Gasteiger partial charge in [0, 0.05) is 22.3 Å². The highest BCUT2D eigenvalue weighted by molar-refractivity contribution is 6.25. The molecule has 0 heterocycles. The van der Waals surface area contributed by atoms with Crippen molar-refractivity contribution < 1.29 is 19.5 Å². The minimum Gasteiger partial charge on any atom is -0.481 e. The predicted molar refractivity (Wildman–Crippen MR) is 101 cm³/mol. The van der Waals surface area contributed by atoms with Gasteiger partial charge < -0.3 is 5.11 Å². The molecule has 4 heteroatoms. The van der Waals surface area contributed by atoms with Crippen molar-refractivity contribution in [2.75, 3.05) is 0 Å². The van der Waals surface area contributed by atoms with Crippen molar-refractivity contribution in [3.8, 4) is 0 Å². The van der Waals surface area contributed by atoms with Crippen LogP contribution in [-0.2, 0) is 20.8 Å². The van der Waals surface area contributed by atoms with E-state index in [9.17, 15) is 19.5 Å². The van der Waals surface area contributed by atoms with E-state index in [0.29, 0.717) is 24.0 Å². The van der Waals surface area contributed by atoms with Gasteiger partial charge in [0.15, 0.2) is 11.6 Å². The van der Waals surface area contributed by atoms with E-state index in [1.54, 1.807) is 20.8 Å². The number of carboxylic acid groups (broad SMARTS) is 1. The van der Waals surface area contributed by atoms with Gasteiger partial charge in [-0.3, -0.25) is 14.4 Å². The van der Waals surface area contributed by atoms with Gasteiger partial charge in [0.2, 0.25) is 0 Å². The molecule has 1 aromatic rings. The fraction of sp³-hybridized carbons (Fsp3) is 0.409. The third-order valence-electron chi connectivity index (χ3n) is 5.18. The Hall–Kier alpha value is -2.49. The van der Waals surface area contributed by atoms with Crippen LogP contribution in [0.4, 0.5) is 0 Å². The maximum atomic E-state index is 12.6. The van der Waals surface area contributed by atoms with Crippen LogP contribution >= 0.6 is 0 Å². The van der Waals surface area contributed by atoms with Gasteiger partial charge in [-0.05, 0) is 45.6 Å². The van der Waals surface area contributed by atoms with Crippen LogP contribution in [-0.4, -0.2) is 22.6 Å². The first-order valence-corrected chi connectivity index (χ1v) is 9.09. The summed E-state index contributed by atoms with van der Waals surface area (Å²) in [5.74, 6) is -2.45. The predicted octanol–water partition coefficient (Wildman–Crippen LogP) is 4.30. The van der Waals surface area contributed by atoms with Crippen LogP contribution in [0, 0.1) is 5.92 Å². The lowest BCUT2D eigenvalue weighted by Crippen LogP contribution is -2.29. The number of carbonyl (C=O) groups is 3. The van der Waals surface area contributed by atoms with Crippen molar-refractivity contribution in [3.05, 3.63) is 58.2 Å². The molecule has 0 saturated heterocycles. The van der Waals surface area contributed by atoms with Crippen LogP contribution in [0.15, 0.2) is 52.6 Å². The summed E-state index contributed by atoms with van der Waals surface area (Å²) in [4.78, 5) is 36.6. The van der Waals surface area contributed by atoms with Crippen LogP contribution in [0.1, 0.15) is 52.0 Å². The first-order chi connectivity index (χ1) is 12.3. The molecule has 0 bridgehead atoms. The molecule has 4 nitrogen and oxygen atoms in total. The first-order valence-electron chi connectivity index (χ1n) is 9.09. The molecule has 1 atom stereocenters. The maximum Gasteiger partial charge on any atom is 0.311 e. The molecular formula is C22H26O4. The van der Waals surface area contributed by atoms with Crippen molar-refractivity contribution in [3.63, 3.8) is 0 Å². The van der Waals surface area contributed by atoms with Gasteiger partial charge in [0.1, 0.15) is 0 Å². The van der Waals surface area contributed by atoms with E-state index in [-0.39, 0.29) is 22.7 Å². The van der Waals surface area contributed by atoms with Crippen LogP contribution in [0.3, 0.4) is 0 Å². The Morgan fingerprint density at radius 3 is 2.12 bits per heavy atom. The fourth-order valence-electron chi connectivity index (χ4n) is 3.43. The highest BCUT2D eigenvalue weighted by Crippen LogP contribution is 2.31. The Balaban J connectivity index is 2.00. The Kier molecular flexibility index (Phi) is 6.67. The van der Waals surface area contributed by atoms with Crippen LogP contribution in [0.25, 0.3) is 0 Å². The zero-order chi connectivity index (χ0) is 19.3. The molecule has 1 unspecified atom stereocenters. The van der Waals surface area contributed by atoms with E-state index in [0.717, 1.165) is 19.3 Å². The van der Waals surface area contributed by atoms with E-state index in [1.165, 1.54) is 5.56 Å². The number of ketones is 2. The molecular weight excluding hydrogens is 328 g/mol. The van der Waals surface area contributed by atoms with Crippen molar-refractivity contribution in [1.29, 1.82) is 0 Å². The summed E-state index contributed by atoms with van der Waals surface area (Å²) in [6.07, 6.45) is 3.91. The number of Topliss-reactive ketones (excluding diaryl/α,β-unsaturated/α-hetero) is 2. The normalized spacial score (nSPS) is 16.3. The second-order valence-electron chi connectivity index (χ2n) is 6.92. The van der Waals surface area contributed by atoms with E-state index in [1.807, 2.05) is 18.2 Å². The van der Waals surface area contributed by atoms with Crippen molar-refractivity contribution in [2.24, 2.45) is 5.92 Å². The molecule has 138 valence electrons. The molecule has 0 radical (unpaired) electrons.